The second kappa shape index (κ2) is 5.69. The first-order chi connectivity index (χ1) is 9.11. The first-order valence-electron chi connectivity index (χ1n) is 5.42. The summed E-state index contributed by atoms with van der Waals surface area (Å²) in [5, 5.41) is 20.2. The van der Waals surface area contributed by atoms with Crippen LogP contribution in [0.25, 0.3) is 0 Å². The number of ether oxygens (including phenoxy) is 1. The minimum absolute atomic E-state index is 0.121. The lowest BCUT2D eigenvalue weighted by atomic mass is 10.2. The van der Waals surface area contributed by atoms with Crippen LogP contribution in [0.2, 0.25) is 5.02 Å². The maximum Gasteiger partial charge on any atom is 0.311 e. The average Bonchev–Trinajstić information content (AvgIpc) is 2.39. The molecule has 0 aliphatic heterocycles. The Hall–Kier alpha value is -2.11. The van der Waals surface area contributed by atoms with E-state index in [9.17, 15) is 10.1 Å². The van der Waals surface area contributed by atoms with E-state index in [4.69, 9.17) is 21.4 Å². The Morgan fingerprint density at radius 2 is 2.00 bits per heavy atom. The second-order valence-electron chi connectivity index (χ2n) is 3.74. The largest absolute Gasteiger partial charge is 0.450 e. The van der Waals surface area contributed by atoms with Crippen molar-refractivity contribution < 1.29 is 14.8 Å². The molecular formula is C13H10ClNO4. The fraction of sp³-hybridized carbons (Fsp3) is 0.0769. The van der Waals surface area contributed by atoms with E-state index in [0.717, 1.165) is 0 Å². The molecule has 0 heterocycles. The summed E-state index contributed by atoms with van der Waals surface area (Å²) in [6.45, 7) is -0.176. The van der Waals surface area contributed by atoms with E-state index in [2.05, 4.69) is 0 Å². The summed E-state index contributed by atoms with van der Waals surface area (Å²) in [6, 6.07) is 10.8. The Bertz CT molecular complexity index is 615. The highest BCUT2D eigenvalue weighted by molar-refractivity contribution is 6.31. The average molecular weight is 280 g/mol. The van der Waals surface area contributed by atoms with Crippen molar-refractivity contribution in [3.63, 3.8) is 0 Å². The lowest BCUT2D eigenvalue weighted by Gasteiger charge is -2.08. The fourth-order valence-electron chi connectivity index (χ4n) is 1.54. The zero-order valence-electron chi connectivity index (χ0n) is 9.75. The predicted octanol–water partition coefficient (Wildman–Crippen LogP) is 3.53. The number of nitro groups is 1. The van der Waals surface area contributed by atoms with Gasteiger partial charge in [-0.3, -0.25) is 10.1 Å². The molecule has 2 rings (SSSR count). The van der Waals surface area contributed by atoms with Gasteiger partial charge in [-0.2, -0.15) is 0 Å². The number of para-hydroxylation sites is 2. The molecule has 0 saturated heterocycles. The quantitative estimate of drug-likeness (QED) is 0.686. The Labute approximate surface area is 114 Å². The van der Waals surface area contributed by atoms with Gasteiger partial charge in [-0.1, -0.05) is 29.8 Å². The monoisotopic (exact) mass is 279 g/mol. The number of hydrogen-bond acceptors (Lipinski definition) is 4. The standard InChI is InChI=1S/C13H10ClNO4/c14-11-7-10(6-5-9(11)8-16)19-13-4-2-1-3-12(13)15(17)18/h1-7,16H,8H2. The van der Waals surface area contributed by atoms with E-state index in [1.165, 1.54) is 18.2 Å². The highest BCUT2D eigenvalue weighted by Crippen LogP contribution is 2.32. The van der Waals surface area contributed by atoms with E-state index in [-0.39, 0.29) is 18.0 Å². The highest BCUT2D eigenvalue weighted by atomic mass is 35.5. The van der Waals surface area contributed by atoms with Crippen molar-refractivity contribution in [3.05, 3.63) is 63.2 Å². The van der Waals surface area contributed by atoms with E-state index >= 15 is 0 Å². The van der Waals surface area contributed by atoms with Gasteiger partial charge >= 0.3 is 5.69 Å². The summed E-state index contributed by atoms with van der Waals surface area (Å²) in [4.78, 5) is 10.3. The Morgan fingerprint density at radius 3 is 2.63 bits per heavy atom. The van der Waals surface area contributed by atoms with E-state index in [1.807, 2.05) is 0 Å². The van der Waals surface area contributed by atoms with Gasteiger partial charge in [0.2, 0.25) is 5.75 Å². The smallest absolute Gasteiger partial charge is 0.311 e. The third kappa shape index (κ3) is 3.01. The van der Waals surface area contributed by atoms with Gasteiger partial charge in [0.25, 0.3) is 0 Å². The van der Waals surface area contributed by atoms with Gasteiger partial charge < -0.3 is 9.84 Å². The molecule has 0 fully saturated rings. The maximum atomic E-state index is 10.8. The molecule has 0 amide bonds. The molecule has 0 bridgehead atoms. The minimum atomic E-state index is -0.515. The second-order valence-corrected chi connectivity index (χ2v) is 4.15. The van der Waals surface area contributed by atoms with Crippen molar-refractivity contribution in [1.29, 1.82) is 0 Å². The van der Waals surface area contributed by atoms with Crippen LogP contribution in [-0.2, 0) is 6.61 Å². The minimum Gasteiger partial charge on any atom is -0.450 e. The molecule has 6 heteroatoms. The molecule has 98 valence electrons. The van der Waals surface area contributed by atoms with Crippen molar-refractivity contribution in [2.45, 2.75) is 6.61 Å². The topological polar surface area (TPSA) is 72.6 Å². The van der Waals surface area contributed by atoms with Gasteiger partial charge in [0, 0.05) is 11.1 Å². The fourth-order valence-corrected chi connectivity index (χ4v) is 1.77. The number of benzene rings is 2. The highest BCUT2D eigenvalue weighted by Gasteiger charge is 2.14. The van der Waals surface area contributed by atoms with Crippen LogP contribution in [0.4, 0.5) is 5.69 Å². The lowest BCUT2D eigenvalue weighted by molar-refractivity contribution is -0.385. The summed E-state index contributed by atoms with van der Waals surface area (Å²) in [5.41, 5.74) is 0.446. The van der Waals surface area contributed by atoms with Crippen LogP contribution < -0.4 is 4.74 Å². The molecule has 0 aliphatic carbocycles. The lowest BCUT2D eigenvalue weighted by Crippen LogP contribution is -1.93. The molecule has 0 aromatic heterocycles. The molecule has 2 aromatic rings. The van der Waals surface area contributed by atoms with Crippen molar-refractivity contribution in [2.24, 2.45) is 0 Å². The summed E-state index contributed by atoms with van der Waals surface area (Å²) >= 11 is 5.92. The van der Waals surface area contributed by atoms with Crippen LogP contribution in [0.1, 0.15) is 5.56 Å². The van der Waals surface area contributed by atoms with Crippen LogP contribution in [-0.4, -0.2) is 10.0 Å². The van der Waals surface area contributed by atoms with Crippen LogP contribution >= 0.6 is 11.6 Å². The molecule has 0 spiro atoms. The van der Waals surface area contributed by atoms with Crippen molar-refractivity contribution in [3.8, 4) is 11.5 Å². The Morgan fingerprint density at radius 1 is 1.26 bits per heavy atom. The molecule has 0 radical (unpaired) electrons. The molecule has 5 nitrogen and oxygen atoms in total. The van der Waals surface area contributed by atoms with E-state index in [1.54, 1.807) is 24.3 Å². The van der Waals surface area contributed by atoms with Gasteiger partial charge in [-0.25, -0.2) is 0 Å². The summed E-state index contributed by atoms with van der Waals surface area (Å²) in [5.74, 6) is 0.511. The molecule has 0 saturated carbocycles. The SMILES string of the molecule is O=[N+]([O-])c1ccccc1Oc1ccc(CO)c(Cl)c1. The van der Waals surface area contributed by atoms with Gasteiger partial charge in [0.15, 0.2) is 0 Å². The molecule has 19 heavy (non-hydrogen) atoms. The van der Waals surface area contributed by atoms with Gasteiger partial charge in [-0.05, 0) is 23.8 Å². The molecule has 0 unspecified atom stereocenters. The van der Waals surface area contributed by atoms with Crippen LogP contribution in [0.5, 0.6) is 11.5 Å². The molecular weight excluding hydrogens is 270 g/mol. The van der Waals surface area contributed by atoms with Crippen molar-refractivity contribution in [1.82, 2.24) is 0 Å². The van der Waals surface area contributed by atoms with Crippen LogP contribution in [0.15, 0.2) is 42.5 Å². The van der Waals surface area contributed by atoms with Gasteiger partial charge in [0.05, 0.1) is 11.5 Å². The van der Waals surface area contributed by atoms with Crippen molar-refractivity contribution in [2.75, 3.05) is 0 Å². The molecule has 0 atom stereocenters. The molecule has 1 N–H and O–H groups in total. The maximum absolute atomic E-state index is 10.8. The number of hydrogen-bond donors (Lipinski definition) is 1. The first kappa shape index (κ1) is 13.3. The third-order valence-corrected chi connectivity index (χ3v) is 2.84. The van der Waals surface area contributed by atoms with Crippen molar-refractivity contribution >= 4 is 17.3 Å². The number of nitrogens with zero attached hydrogens (tertiary/aromatic N) is 1. The van der Waals surface area contributed by atoms with Gasteiger partial charge in [0.1, 0.15) is 5.75 Å². The molecule has 2 aromatic carbocycles. The summed E-state index contributed by atoms with van der Waals surface area (Å²) in [6.07, 6.45) is 0. The normalized spacial score (nSPS) is 10.2. The third-order valence-electron chi connectivity index (χ3n) is 2.48. The predicted molar refractivity (Wildman–Crippen MR) is 70.5 cm³/mol. The number of aliphatic hydroxyl groups is 1. The Balaban J connectivity index is 2.31. The van der Waals surface area contributed by atoms with E-state index in [0.29, 0.717) is 16.3 Å². The van der Waals surface area contributed by atoms with E-state index < -0.39 is 4.92 Å². The van der Waals surface area contributed by atoms with Gasteiger partial charge in [-0.15, -0.1) is 0 Å². The summed E-state index contributed by atoms with van der Waals surface area (Å²) < 4.78 is 5.44. The zero-order chi connectivity index (χ0) is 13.8. The first-order valence-corrected chi connectivity index (χ1v) is 5.80. The van der Waals surface area contributed by atoms with Crippen LogP contribution in [0, 0.1) is 10.1 Å². The number of aliphatic hydroxyl groups excluding tert-OH is 1. The number of nitro benzene ring substituents is 1. The van der Waals surface area contributed by atoms with Crippen LogP contribution in [0.3, 0.4) is 0 Å². The zero-order valence-corrected chi connectivity index (χ0v) is 10.5. The molecule has 0 aliphatic rings. The summed E-state index contributed by atoms with van der Waals surface area (Å²) in [7, 11) is 0. The number of rotatable bonds is 4. The number of halogens is 1. The Kier molecular flexibility index (Phi) is 3.99.